The molecule has 2 aromatic rings. The van der Waals surface area contributed by atoms with Crippen molar-refractivity contribution in [3.63, 3.8) is 0 Å². The average molecular weight is 742 g/mol. The van der Waals surface area contributed by atoms with Gasteiger partial charge in [-0.05, 0) is 80.3 Å². The van der Waals surface area contributed by atoms with Crippen molar-refractivity contribution in [1.82, 2.24) is 19.8 Å². The fourth-order valence-corrected chi connectivity index (χ4v) is 8.44. The summed E-state index contributed by atoms with van der Waals surface area (Å²) in [6.07, 6.45) is 4.73. The summed E-state index contributed by atoms with van der Waals surface area (Å²) in [4.78, 5) is 57.9. The number of ether oxygens (including phenoxy) is 1. The minimum absolute atomic E-state index is 0.00885. The molecule has 2 aliphatic heterocycles. The summed E-state index contributed by atoms with van der Waals surface area (Å²) in [6, 6.07) is 8.16. The number of anilines is 1. The third-order valence-electron chi connectivity index (χ3n) is 10.4. The van der Waals surface area contributed by atoms with Gasteiger partial charge >= 0.3 is 6.09 Å². The van der Waals surface area contributed by atoms with Crippen LogP contribution in [0.4, 0.5) is 19.3 Å². The Bertz CT molecular complexity index is 1820. The molecule has 1 saturated heterocycles. The highest BCUT2D eigenvalue weighted by molar-refractivity contribution is 7.91. The summed E-state index contributed by atoms with van der Waals surface area (Å²) >= 11 is 0. The predicted molar refractivity (Wildman–Crippen MR) is 188 cm³/mol. The molecule has 0 aromatic heterocycles. The van der Waals surface area contributed by atoms with Crippen LogP contribution in [0.25, 0.3) is 0 Å². The number of likely N-dealkylation sites (tertiary alicyclic amines) is 1. The molecule has 2 aliphatic carbocycles. The number of unbranched alkanes of at least 4 members (excludes halogenated alkanes) is 3. The number of fused-ring (bicyclic) bond motifs is 1. The quantitative estimate of drug-likeness (QED) is 0.178. The van der Waals surface area contributed by atoms with Crippen LogP contribution < -0.4 is 15.4 Å². The van der Waals surface area contributed by atoms with Gasteiger partial charge in [-0.1, -0.05) is 38.0 Å². The van der Waals surface area contributed by atoms with Crippen molar-refractivity contribution in [2.75, 3.05) is 11.9 Å². The molecule has 2 aromatic carbocycles. The van der Waals surface area contributed by atoms with Gasteiger partial charge in [-0.15, -0.1) is 6.58 Å². The number of rotatable bonds is 15. The van der Waals surface area contributed by atoms with Crippen molar-refractivity contribution in [2.45, 2.75) is 107 Å². The van der Waals surface area contributed by atoms with Crippen molar-refractivity contribution in [2.24, 2.45) is 5.92 Å². The Morgan fingerprint density at radius 2 is 1.79 bits per heavy atom. The van der Waals surface area contributed by atoms with Crippen molar-refractivity contribution in [3.05, 3.63) is 77.9 Å². The van der Waals surface area contributed by atoms with Crippen molar-refractivity contribution in [3.8, 4) is 0 Å². The van der Waals surface area contributed by atoms with Crippen LogP contribution in [0, 0.1) is 17.6 Å². The van der Waals surface area contributed by atoms with Crippen LogP contribution in [-0.4, -0.2) is 77.6 Å². The second-order valence-electron chi connectivity index (χ2n) is 14.4. The van der Waals surface area contributed by atoms with Crippen LogP contribution >= 0.6 is 0 Å². The van der Waals surface area contributed by atoms with E-state index in [1.54, 1.807) is 19.1 Å². The lowest BCUT2D eigenvalue weighted by Gasteiger charge is -2.30. The zero-order chi connectivity index (χ0) is 37.2. The lowest BCUT2D eigenvalue weighted by Crippen LogP contribution is -2.57. The van der Waals surface area contributed by atoms with Gasteiger partial charge < -0.3 is 20.3 Å². The molecule has 2 heterocycles. The van der Waals surface area contributed by atoms with Crippen molar-refractivity contribution in [1.29, 1.82) is 0 Å². The minimum Gasteiger partial charge on any atom is -0.444 e. The summed E-state index contributed by atoms with van der Waals surface area (Å²) < 4.78 is 61.3. The molecule has 0 radical (unpaired) electrons. The van der Waals surface area contributed by atoms with Crippen molar-refractivity contribution < 1.29 is 41.1 Å². The van der Waals surface area contributed by atoms with Crippen LogP contribution in [0.3, 0.4) is 0 Å². The third kappa shape index (κ3) is 8.24. The van der Waals surface area contributed by atoms with E-state index in [1.165, 1.54) is 40.1 Å². The maximum atomic E-state index is 14.4. The highest BCUT2D eigenvalue weighted by Gasteiger charge is 2.61. The Hall–Kier alpha value is -4.53. The maximum absolute atomic E-state index is 14.4. The number of carbonyl (C=O) groups is 4. The number of allylic oxidation sites excluding steroid dienone is 1. The van der Waals surface area contributed by atoms with Gasteiger partial charge in [0, 0.05) is 24.2 Å². The van der Waals surface area contributed by atoms with E-state index in [1.807, 2.05) is 6.08 Å². The predicted octanol–water partition coefficient (Wildman–Crippen LogP) is 4.51. The first kappa shape index (κ1) is 37.2. The number of sulfonamides is 1. The number of hydrogen-bond donors (Lipinski definition) is 3. The maximum Gasteiger partial charge on any atom is 0.410 e. The van der Waals surface area contributed by atoms with Gasteiger partial charge in [-0.3, -0.25) is 24.0 Å². The largest absolute Gasteiger partial charge is 0.444 e. The standard InChI is InChI=1S/C37H45F2N5O7S/c1-3-4-5-6-7-11-31(40-26-14-12-25(38)13-15-26)34(46)44-21-27(51-36(48)43-20-24-9-8-10-30(39)29(24)22-43)18-32(44)33(45)41-37(19-23(37)2)35(47)42-52(49,50)28-16-17-28/h3,8-10,12-15,23,27-28,31-32,40H,1,4-7,11,16-22H2,2H3,(H,41,45)(H,42,47)/t23-,27-,31+,32+,37-/m1/s1. The Morgan fingerprint density at radius 3 is 2.44 bits per heavy atom. The van der Waals surface area contributed by atoms with Crippen LogP contribution in [0.5, 0.6) is 0 Å². The Morgan fingerprint density at radius 1 is 1.06 bits per heavy atom. The van der Waals surface area contributed by atoms with E-state index in [0.29, 0.717) is 42.5 Å². The zero-order valence-corrected chi connectivity index (χ0v) is 29.9. The van der Waals surface area contributed by atoms with Gasteiger partial charge in [-0.2, -0.15) is 0 Å². The lowest BCUT2D eigenvalue weighted by molar-refractivity contribution is -0.140. The summed E-state index contributed by atoms with van der Waals surface area (Å²) in [5.74, 6) is -3.21. The smallest absolute Gasteiger partial charge is 0.410 e. The van der Waals surface area contributed by atoms with E-state index in [0.717, 1.165) is 19.3 Å². The molecule has 280 valence electrons. The number of nitrogens with one attached hydrogen (secondary N) is 3. The molecule has 3 fully saturated rings. The van der Waals surface area contributed by atoms with E-state index >= 15 is 0 Å². The molecule has 15 heteroatoms. The highest BCUT2D eigenvalue weighted by Crippen LogP contribution is 2.44. The molecule has 6 rings (SSSR count). The number of hydrogen-bond acceptors (Lipinski definition) is 8. The molecule has 0 spiro atoms. The monoisotopic (exact) mass is 741 g/mol. The molecule has 3 N–H and O–H groups in total. The van der Waals surface area contributed by atoms with E-state index in [-0.39, 0.29) is 38.4 Å². The second-order valence-corrected chi connectivity index (χ2v) is 16.3. The molecule has 0 bridgehead atoms. The first-order valence-electron chi connectivity index (χ1n) is 17.8. The molecule has 4 amide bonds. The van der Waals surface area contributed by atoms with Gasteiger partial charge in [0.2, 0.25) is 21.8 Å². The Kier molecular flexibility index (Phi) is 10.9. The zero-order valence-electron chi connectivity index (χ0n) is 29.1. The van der Waals surface area contributed by atoms with E-state index in [2.05, 4.69) is 21.9 Å². The van der Waals surface area contributed by atoms with Crippen LogP contribution in [0.2, 0.25) is 0 Å². The Labute approximate surface area is 302 Å². The summed E-state index contributed by atoms with van der Waals surface area (Å²) in [5, 5.41) is 5.31. The van der Waals surface area contributed by atoms with Crippen LogP contribution in [0.15, 0.2) is 55.1 Å². The van der Waals surface area contributed by atoms with E-state index in [9.17, 15) is 36.4 Å². The second kappa shape index (κ2) is 15.2. The van der Waals surface area contributed by atoms with Gasteiger partial charge in [0.25, 0.3) is 5.91 Å². The van der Waals surface area contributed by atoms with Crippen molar-refractivity contribution >= 4 is 39.5 Å². The van der Waals surface area contributed by atoms with Gasteiger partial charge in [-0.25, -0.2) is 22.0 Å². The molecular weight excluding hydrogens is 696 g/mol. The first-order valence-corrected chi connectivity index (χ1v) is 19.4. The number of benzene rings is 2. The van der Waals surface area contributed by atoms with Gasteiger partial charge in [0.1, 0.15) is 35.4 Å². The molecular formula is C37H45F2N5O7S. The Balaban J connectivity index is 1.21. The van der Waals surface area contributed by atoms with E-state index in [4.69, 9.17) is 4.74 Å². The summed E-state index contributed by atoms with van der Waals surface area (Å²) in [6.45, 7) is 5.48. The summed E-state index contributed by atoms with van der Waals surface area (Å²) in [7, 11) is -3.88. The fourth-order valence-electron chi connectivity index (χ4n) is 7.08. The lowest BCUT2D eigenvalue weighted by atomic mass is 10.0. The van der Waals surface area contributed by atoms with Gasteiger partial charge in [0.15, 0.2) is 0 Å². The first-order chi connectivity index (χ1) is 24.8. The summed E-state index contributed by atoms with van der Waals surface area (Å²) in [5.41, 5.74) is 0.0685. The van der Waals surface area contributed by atoms with Crippen LogP contribution in [-0.2, 0) is 42.2 Å². The third-order valence-corrected chi connectivity index (χ3v) is 12.3. The fraction of sp³-hybridized carbons (Fsp3) is 0.514. The molecule has 12 nitrogen and oxygen atoms in total. The van der Waals surface area contributed by atoms with E-state index < -0.39 is 74.4 Å². The SMILES string of the molecule is C=CCCCCC[C@H](Nc1ccc(F)cc1)C(=O)N1C[C@H](OC(=O)N2Cc3cccc(F)c3C2)C[C@H]1C(=O)N[C@]1(C(=O)NS(=O)(=O)C2CC2)C[C@H]1C. The van der Waals surface area contributed by atoms with Gasteiger partial charge in [0.05, 0.1) is 18.3 Å². The molecule has 0 unspecified atom stereocenters. The molecule has 2 saturated carbocycles. The normalized spacial score (nSPS) is 24.1. The minimum atomic E-state index is -3.88. The number of halogens is 2. The molecule has 5 atom stereocenters. The average Bonchev–Trinajstić information content (AvgIpc) is 3.97. The number of carbonyl (C=O) groups excluding carboxylic acids is 4. The van der Waals surface area contributed by atoms with Crippen LogP contribution in [0.1, 0.15) is 75.8 Å². The number of amides is 4. The topological polar surface area (TPSA) is 154 Å². The number of nitrogens with zero attached hydrogens (tertiary/aromatic N) is 2. The molecule has 4 aliphatic rings. The molecule has 52 heavy (non-hydrogen) atoms. The highest BCUT2D eigenvalue weighted by atomic mass is 32.2.